The number of carbonyl (C=O) groups excluding carboxylic acids is 2. The number of aromatic nitrogens is 2. The van der Waals surface area contributed by atoms with Crippen molar-refractivity contribution in [3.63, 3.8) is 0 Å². The Morgan fingerprint density at radius 3 is 2.52 bits per heavy atom. The van der Waals surface area contributed by atoms with Crippen LogP contribution in [0.4, 0.5) is 5.69 Å². The molecule has 0 saturated carbocycles. The first kappa shape index (κ1) is 29.7. The molecule has 12 heteroatoms. The van der Waals surface area contributed by atoms with Crippen LogP contribution in [-0.2, 0) is 32.7 Å². The molecule has 0 aliphatic carbocycles. The summed E-state index contributed by atoms with van der Waals surface area (Å²) in [5, 5.41) is 11.8. The quantitative estimate of drug-likeness (QED) is 0.383. The molecule has 173 valence electrons. The van der Waals surface area contributed by atoms with Crippen molar-refractivity contribution in [2.24, 2.45) is 0 Å². The number of aryl methyl sites for hydroxylation is 1. The summed E-state index contributed by atoms with van der Waals surface area (Å²) in [6, 6.07) is 8.19. The van der Waals surface area contributed by atoms with Gasteiger partial charge in [0.2, 0.25) is 5.91 Å². The molecule has 1 aromatic carbocycles. The maximum absolute atomic E-state index is 13.2. The van der Waals surface area contributed by atoms with Gasteiger partial charge in [0.25, 0.3) is 5.91 Å². The average Bonchev–Trinajstić information content (AvgIpc) is 3.17. The fourth-order valence-corrected chi connectivity index (χ4v) is 3.76. The summed E-state index contributed by atoms with van der Waals surface area (Å²) < 4.78 is 2.24. The minimum atomic E-state index is -0.446. The van der Waals surface area contributed by atoms with Crippen LogP contribution in [0.25, 0.3) is 11.2 Å². The van der Waals surface area contributed by atoms with E-state index >= 15 is 0 Å². The van der Waals surface area contributed by atoms with Crippen LogP contribution in [0, 0.1) is 6.92 Å². The second-order valence-corrected chi connectivity index (χ2v) is 8.11. The van der Waals surface area contributed by atoms with Gasteiger partial charge in [0, 0.05) is 61.7 Å². The van der Waals surface area contributed by atoms with Crippen molar-refractivity contribution in [2.75, 3.05) is 26.5 Å². The zero-order valence-electron chi connectivity index (χ0n) is 18.3. The summed E-state index contributed by atoms with van der Waals surface area (Å²) in [6.07, 6.45) is 3.27. The van der Waals surface area contributed by atoms with Crippen LogP contribution >= 0.6 is 39.1 Å². The Hall–Kier alpha value is -1.33. The van der Waals surface area contributed by atoms with Gasteiger partial charge in [-0.15, -0.1) is 7.05 Å². The van der Waals surface area contributed by atoms with Crippen LogP contribution in [0.15, 0.2) is 47.2 Å². The number of rotatable bonds is 5. The molecule has 3 aromatic rings. The van der Waals surface area contributed by atoms with E-state index in [9.17, 15) is 9.59 Å². The molecule has 33 heavy (non-hydrogen) atoms. The van der Waals surface area contributed by atoms with E-state index in [1.807, 2.05) is 0 Å². The first-order valence-corrected chi connectivity index (χ1v) is 10.7. The summed E-state index contributed by atoms with van der Waals surface area (Å²) in [4.78, 5) is 30.2. The number of aliphatic hydroxyl groups excluding tert-OH is 1. The molecule has 0 saturated heterocycles. The molecule has 2 N–H and O–H groups in total. The molecule has 1 radical (unpaired) electrons. The third-order valence-electron chi connectivity index (χ3n) is 4.35. The zero-order chi connectivity index (χ0) is 24.0. The van der Waals surface area contributed by atoms with Crippen molar-refractivity contribution in [3.05, 3.63) is 79.5 Å². The Morgan fingerprint density at radius 2 is 1.91 bits per heavy atom. The van der Waals surface area contributed by atoms with Crippen molar-refractivity contribution >= 4 is 56.6 Å². The van der Waals surface area contributed by atoms with E-state index < -0.39 is 11.8 Å². The summed E-state index contributed by atoms with van der Waals surface area (Å²) >= 11 is 15.8. The van der Waals surface area contributed by atoms with Crippen molar-refractivity contribution < 1.29 is 47.4 Å². The molecular weight excluding hydrogens is 610 g/mol. The van der Waals surface area contributed by atoms with Crippen molar-refractivity contribution in [1.82, 2.24) is 14.6 Å². The maximum atomic E-state index is 13.2. The van der Waals surface area contributed by atoms with Crippen molar-refractivity contribution in [2.45, 2.75) is 6.92 Å². The first-order chi connectivity index (χ1) is 15.2. The molecule has 8 nitrogen and oxygen atoms in total. The monoisotopic (exact) mass is 629 g/mol. The van der Waals surface area contributed by atoms with E-state index in [2.05, 4.69) is 31.7 Å². The Labute approximate surface area is 235 Å². The second-order valence-electron chi connectivity index (χ2n) is 6.35. The van der Waals surface area contributed by atoms with Crippen LogP contribution in [0.3, 0.4) is 0 Å². The number of aliphatic hydroxyl groups is 1. The molecule has 0 aliphatic heterocycles. The number of carbonyl (C=O) groups is 2. The minimum Gasteiger partial charge on any atom is -0.568 e. The summed E-state index contributed by atoms with van der Waals surface area (Å²) in [7, 11) is 4.02. The van der Waals surface area contributed by atoms with E-state index in [0.29, 0.717) is 31.6 Å². The van der Waals surface area contributed by atoms with E-state index in [4.69, 9.17) is 28.3 Å². The van der Waals surface area contributed by atoms with Gasteiger partial charge in [0.1, 0.15) is 5.69 Å². The van der Waals surface area contributed by atoms with Crippen molar-refractivity contribution in [1.29, 1.82) is 0 Å². The van der Waals surface area contributed by atoms with Crippen molar-refractivity contribution in [3.8, 4) is 5.82 Å². The van der Waals surface area contributed by atoms with Crippen LogP contribution in [0.5, 0.6) is 0 Å². The average molecular weight is 631 g/mol. The molecule has 2 heterocycles. The first-order valence-electron chi connectivity index (χ1n) is 9.15. The SMILES string of the molecule is CO.C[N-]N(C)C(=O)c1cc(Cl)cc(C)c1NC(=O)c1cc(Br)cn1-c1ncccc1Cl.[Y]. The summed E-state index contributed by atoms with van der Waals surface area (Å²) in [6.45, 7) is 1.76. The predicted octanol–water partition coefficient (Wildman–Crippen LogP) is 5.10. The van der Waals surface area contributed by atoms with Gasteiger partial charge >= 0.3 is 0 Å². The van der Waals surface area contributed by atoms with E-state index in [1.54, 1.807) is 48.1 Å². The Bertz CT molecular complexity index is 1140. The van der Waals surface area contributed by atoms with E-state index in [-0.39, 0.29) is 44.0 Å². The van der Waals surface area contributed by atoms with Gasteiger partial charge in [0.05, 0.1) is 16.3 Å². The summed E-state index contributed by atoms with van der Waals surface area (Å²) in [5.41, 5.74) is 5.36. The van der Waals surface area contributed by atoms with Gasteiger partial charge in [0.15, 0.2) is 5.82 Å². The molecule has 0 spiro atoms. The van der Waals surface area contributed by atoms with E-state index in [1.165, 1.54) is 25.2 Å². The number of benzene rings is 1. The number of hydrogen-bond acceptors (Lipinski definition) is 4. The van der Waals surface area contributed by atoms with Gasteiger partial charge in [-0.25, -0.2) is 4.98 Å². The number of nitrogens with one attached hydrogen (secondary N) is 1. The van der Waals surface area contributed by atoms with E-state index in [0.717, 1.165) is 7.11 Å². The topological polar surface area (TPSA) is 102 Å². The molecule has 3 rings (SSSR count). The van der Waals surface area contributed by atoms with Gasteiger partial charge in [-0.2, -0.15) is 0 Å². The molecule has 2 aromatic heterocycles. The second kappa shape index (κ2) is 13.5. The van der Waals surface area contributed by atoms with Gasteiger partial charge in [-0.05, 0) is 65.8 Å². The van der Waals surface area contributed by atoms with Crippen LogP contribution < -0.4 is 5.32 Å². The minimum absolute atomic E-state index is 0. The zero-order valence-corrected chi connectivity index (χ0v) is 24.2. The van der Waals surface area contributed by atoms with Crippen LogP contribution in [-0.4, -0.2) is 52.7 Å². The largest absolute Gasteiger partial charge is 0.568 e. The molecule has 0 fully saturated rings. The Balaban J connectivity index is 0.00000177. The van der Waals surface area contributed by atoms with Gasteiger partial charge in [-0.3, -0.25) is 14.2 Å². The van der Waals surface area contributed by atoms with Gasteiger partial charge < -0.3 is 20.9 Å². The molecule has 0 aliphatic rings. The maximum Gasteiger partial charge on any atom is 0.272 e. The normalized spacial score (nSPS) is 9.94. The number of halogens is 3. The third-order valence-corrected chi connectivity index (χ3v) is 5.30. The predicted molar refractivity (Wildman–Crippen MR) is 130 cm³/mol. The standard InChI is InChI=1S/C20H17BrCl2N5O2.CH4O.Y/c1-11-7-13(22)9-14(20(30)27(3)24-2)17(11)26-19(29)16-8-12(21)10-28(16)18-15(23)5-4-6-25-18;1-2;/h4-10H,1-3H3,(H,26,29);2H,1H3;/q-1;;. The number of amides is 2. The number of anilines is 1. The Kier molecular flexibility index (Phi) is 12.2. The molecule has 0 atom stereocenters. The number of nitrogens with zero attached hydrogens (tertiary/aromatic N) is 4. The van der Waals surface area contributed by atoms with Gasteiger partial charge in [-0.1, -0.05) is 23.2 Å². The molecular formula is C21H21BrCl2N5O3Y-. The fraction of sp³-hybridized carbons (Fsp3) is 0.190. The summed E-state index contributed by atoms with van der Waals surface area (Å²) in [5.74, 6) is -0.440. The fourth-order valence-electron chi connectivity index (χ4n) is 2.86. The number of pyridine rings is 1. The third kappa shape index (κ3) is 7.08. The number of hydrogen-bond donors (Lipinski definition) is 2. The Morgan fingerprint density at radius 1 is 1.24 bits per heavy atom. The molecule has 0 bridgehead atoms. The smallest absolute Gasteiger partial charge is 0.272 e. The molecule has 2 amide bonds. The van der Waals surface area contributed by atoms with Crippen LogP contribution in [0.2, 0.25) is 10.0 Å². The van der Waals surface area contributed by atoms with Crippen LogP contribution in [0.1, 0.15) is 26.4 Å². The molecule has 0 unspecified atom stereocenters.